The van der Waals surface area contributed by atoms with Crippen LogP contribution in [0, 0.1) is 0 Å². The van der Waals surface area contributed by atoms with Crippen LogP contribution in [0.2, 0.25) is 5.02 Å². The summed E-state index contributed by atoms with van der Waals surface area (Å²) in [6.07, 6.45) is 0. The van der Waals surface area contributed by atoms with E-state index < -0.39 is 0 Å². The molecule has 6 heteroatoms. The number of nitrogens with zero attached hydrogens (tertiary/aromatic N) is 1. The van der Waals surface area contributed by atoms with Gasteiger partial charge in [0.15, 0.2) is 23.0 Å². The summed E-state index contributed by atoms with van der Waals surface area (Å²) in [6.45, 7) is 0. The Labute approximate surface area is 254 Å². The van der Waals surface area contributed by atoms with E-state index in [9.17, 15) is 0 Å². The van der Waals surface area contributed by atoms with E-state index in [2.05, 4.69) is 89.8 Å². The molecule has 1 aliphatic heterocycles. The molecule has 3 nitrogen and oxygen atoms in total. The average Bonchev–Trinajstić information content (AvgIpc) is 3.59. The van der Waals surface area contributed by atoms with Crippen molar-refractivity contribution in [1.82, 2.24) is 0 Å². The molecule has 0 bridgehead atoms. The number of thiophene rings is 2. The van der Waals surface area contributed by atoms with E-state index in [1.165, 1.54) is 30.3 Å². The molecule has 0 spiro atoms. The lowest BCUT2D eigenvalue weighted by molar-refractivity contribution is 0.360. The van der Waals surface area contributed by atoms with Crippen LogP contribution < -0.4 is 14.4 Å². The van der Waals surface area contributed by atoms with Gasteiger partial charge < -0.3 is 14.4 Å². The zero-order valence-corrected chi connectivity index (χ0v) is 24.4. The maximum atomic E-state index is 7.02. The zero-order chi connectivity index (χ0) is 27.8. The summed E-state index contributed by atoms with van der Waals surface area (Å²) >= 11 is 10.6. The van der Waals surface area contributed by atoms with Crippen LogP contribution >= 0.6 is 34.3 Å². The number of hydrogen-bond donors (Lipinski definition) is 0. The maximum absolute atomic E-state index is 7.02. The average molecular weight is 598 g/mol. The molecule has 0 amide bonds. The highest BCUT2D eigenvalue weighted by atomic mass is 35.5. The molecule has 200 valence electrons. The smallest absolute Gasteiger partial charge is 0.172 e. The van der Waals surface area contributed by atoms with Crippen LogP contribution in [0.3, 0.4) is 0 Å². The van der Waals surface area contributed by atoms with E-state index in [-0.39, 0.29) is 0 Å². The van der Waals surface area contributed by atoms with E-state index in [1.807, 2.05) is 47.7 Å². The van der Waals surface area contributed by atoms with Crippen LogP contribution in [0.25, 0.3) is 40.3 Å². The summed E-state index contributed by atoms with van der Waals surface area (Å²) in [5.74, 6) is 2.78. The number of anilines is 3. The van der Waals surface area contributed by atoms with Crippen molar-refractivity contribution in [3.8, 4) is 23.0 Å². The summed E-state index contributed by atoms with van der Waals surface area (Å²) in [7, 11) is 0. The number of hydrogen-bond acceptors (Lipinski definition) is 5. The molecule has 0 unspecified atom stereocenters. The topological polar surface area (TPSA) is 21.7 Å². The minimum Gasteiger partial charge on any atom is -0.450 e. The molecule has 3 heterocycles. The van der Waals surface area contributed by atoms with Crippen molar-refractivity contribution in [2.45, 2.75) is 0 Å². The Hall–Kier alpha value is -4.55. The first-order chi connectivity index (χ1) is 20.7. The molecule has 0 saturated carbocycles. The third kappa shape index (κ3) is 3.71. The fourth-order valence-electron chi connectivity index (χ4n) is 5.86. The van der Waals surface area contributed by atoms with Crippen molar-refractivity contribution in [2.75, 3.05) is 4.90 Å². The van der Waals surface area contributed by atoms with Gasteiger partial charge in [-0.15, -0.1) is 22.7 Å². The highest BCUT2D eigenvalue weighted by Crippen LogP contribution is 2.50. The number of halogens is 1. The molecule has 0 fully saturated rings. The standard InChI is InChI=1S/C36H20ClNO2S2/c37-28-19-23(18-27-25-8-2-6-12-34(25)42-36(27)28)38(21-14-16-35-26(17-21)24-7-1-5-11-33(24)41-35)22-13-15-31-32(20-22)40-30-10-4-3-9-29(30)39-31/h1-20H. The number of fused-ring (bicyclic) bond motifs is 8. The number of rotatable bonds is 3. The van der Waals surface area contributed by atoms with Gasteiger partial charge in [0.25, 0.3) is 0 Å². The van der Waals surface area contributed by atoms with Crippen molar-refractivity contribution in [3.63, 3.8) is 0 Å². The molecular formula is C36H20ClNO2S2. The molecule has 0 saturated heterocycles. The second-order valence-corrected chi connectivity index (χ2v) is 12.8. The van der Waals surface area contributed by atoms with E-state index >= 15 is 0 Å². The molecule has 1 aliphatic rings. The summed E-state index contributed by atoms with van der Waals surface area (Å²) in [5.41, 5.74) is 2.97. The largest absolute Gasteiger partial charge is 0.450 e. The predicted molar refractivity (Wildman–Crippen MR) is 179 cm³/mol. The molecular weight excluding hydrogens is 578 g/mol. The Bertz CT molecular complexity index is 2360. The summed E-state index contributed by atoms with van der Waals surface area (Å²) < 4.78 is 17.4. The van der Waals surface area contributed by atoms with Crippen molar-refractivity contribution in [3.05, 3.63) is 126 Å². The van der Waals surface area contributed by atoms with Gasteiger partial charge >= 0.3 is 0 Å². The Kier molecular flexibility index (Phi) is 5.29. The van der Waals surface area contributed by atoms with Gasteiger partial charge in [-0.1, -0.05) is 60.1 Å². The Morgan fingerprint density at radius 1 is 0.452 bits per heavy atom. The first-order valence-electron chi connectivity index (χ1n) is 13.6. The van der Waals surface area contributed by atoms with Gasteiger partial charge in [0.2, 0.25) is 0 Å². The monoisotopic (exact) mass is 597 g/mol. The van der Waals surface area contributed by atoms with Gasteiger partial charge in [-0.25, -0.2) is 0 Å². The van der Waals surface area contributed by atoms with Crippen LogP contribution in [-0.2, 0) is 0 Å². The third-order valence-electron chi connectivity index (χ3n) is 7.77. The molecule has 9 rings (SSSR count). The van der Waals surface area contributed by atoms with Crippen molar-refractivity contribution in [2.24, 2.45) is 0 Å². The number of para-hydroxylation sites is 2. The lowest BCUT2D eigenvalue weighted by Crippen LogP contribution is -2.10. The molecule has 0 aliphatic carbocycles. The van der Waals surface area contributed by atoms with Crippen LogP contribution in [0.15, 0.2) is 121 Å². The summed E-state index contributed by atoms with van der Waals surface area (Å²) in [5, 5.41) is 5.59. The highest BCUT2D eigenvalue weighted by Gasteiger charge is 2.23. The molecule has 0 atom stereocenters. The fraction of sp³-hybridized carbons (Fsp3) is 0. The quantitative estimate of drug-likeness (QED) is 0.202. The first-order valence-corrected chi connectivity index (χ1v) is 15.6. The Balaban J connectivity index is 1.28. The molecule has 8 aromatic rings. The third-order valence-corrected chi connectivity index (χ3v) is 10.6. The van der Waals surface area contributed by atoms with Crippen LogP contribution in [0.1, 0.15) is 0 Å². The van der Waals surface area contributed by atoms with E-state index in [1.54, 1.807) is 11.3 Å². The van der Waals surface area contributed by atoms with Gasteiger partial charge in [0, 0.05) is 53.1 Å². The molecule has 0 N–H and O–H groups in total. The maximum Gasteiger partial charge on any atom is 0.172 e. The predicted octanol–water partition coefficient (Wildman–Crippen LogP) is 12.4. The minimum atomic E-state index is 0.673. The fourth-order valence-corrected chi connectivity index (χ4v) is 8.36. The van der Waals surface area contributed by atoms with E-state index in [0.717, 1.165) is 32.2 Å². The second kappa shape index (κ2) is 9.23. The van der Waals surface area contributed by atoms with Gasteiger partial charge in [-0.2, -0.15) is 0 Å². The Morgan fingerprint density at radius 3 is 1.83 bits per heavy atom. The van der Waals surface area contributed by atoms with Crippen molar-refractivity contribution < 1.29 is 9.47 Å². The number of ether oxygens (including phenoxy) is 2. The molecule has 42 heavy (non-hydrogen) atoms. The van der Waals surface area contributed by atoms with E-state index in [0.29, 0.717) is 23.0 Å². The van der Waals surface area contributed by atoms with E-state index in [4.69, 9.17) is 21.1 Å². The zero-order valence-electron chi connectivity index (χ0n) is 22.0. The van der Waals surface area contributed by atoms with Crippen molar-refractivity contribution >= 4 is 91.7 Å². The Morgan fingerprint density at radius 2 is 1.02 bits per heavy atom. The second-order valence-electron chi connectivity index (χ2n) is 10.3. The molecule has 6 aromatic carbocycles. The lowest BCUT2D eigenvalue weighted by atomic mass is 10.1. The summed E-state index contributed by atoms with van der Waals surface area (Å²) in [6, 6.07) is 41.9. The number of benzene rings is 6. The van der Waals surface area contributed by atoms with Crippen LogP contribution in [-0.4, -0.2) is 0 Å². The van der Waals surface area contributed by atoms with Gasteiger partial charge in [0.05, 0.1) is 15.4 Å². The first kappa shape index (κ1) is 24.1. The summed E-state index contributed by atoms with van der Waals surface area (Å²) in [4.78, 5) is 2.26. The van der Waals surface area contributed by atoms with Crippen molar-refractivity contribution in [1.29, 1.82) is 0 Å². The van der Waals surface area contributed by atoms with Gasteiger partial charge in [0.1, 0.15) is 0 Å². The SMILES string of the molecule is Clc1cc(N(c2ccc3c(c2)Oc2ccccc2O3)c2ccc3sc4ccccc4c3c2)cc2c1sc1ccccc12. The van der Waals surface area contributed by atoms with Crippen LogP contribution in [0.4, 0.5) is 17.1 Å². The highest BCUT2D eigenvalue weighted by molar-refractivity contribution is 7.26. The van der Waals surface area contributed by atoms with Gasteiger partial charge in [-0.3, -0.25) is 0 Å². The normalized spacial score (nSPS) is 12.3. The van der Waals surface area contributed by atoms with Gasteiger partial charge in [-0.05, 0) is 66.7 Å². The molecule has 0 radical (unpaired) electrons. The van der Waals surface area contributed by atoms with Crippen LogP contribution in [0.5, 0.6) is 23.0 Å². The lowest BCUT2D eigenvalue weighted by Gasteiger charge is -2.28. The molecule has 2 aromatic heterocycles. The minimum absolute atomic E-state index is 0.673.